The average molecular weight is 267 g/mol. The van der Waals surface area contributed by atoms with E-state index in [-0.39, 0.29) is 17.7 Å². The number of nitrogens with zero attached hydrogens (tertiary/aromatic N) is 1. The maximum Gasteiger partial charge on any atom is 0.193 e. The molecule has 1 aliphatic rings. The molecular weight excluding hydrogens is 248 g/mol. The number of hydrogen-bond acceptors (Lipinski definition) is 1. The van der Waals surface area contributed by atoms with E-state index >= 15 is 0 Å². The highest BCUT2D eigenvalue weighted by atomic mass is 19.1. The van der Waals surface area contributed by atoms with Crippen LogP contribution in [0.4, 0.5) is 14.5 Å². The quantitative estimate of drug-likeness (QED) is 0.650. The van der Waals surface area contributed by atoms with Crippen LogP contribution < -0.4 is 11.1 Å². The zero-order valence-corrected chi connectivity index (χ0v) is 11.2. The zero-order valence-electron chi connectivity index (χ0n) is 11.2. The predicted octanol–water partition coefficient (Wildman–Crippen LogP) is 3.13. The molecule has 0 radical (unpaired) electrons. The molecular formula is C14H19F2N3. The lowest BCUT2D eigenvalue weighted by atomic mass is 10.1. The summed E-state index contributed by atoms with van der Waals surface area (Å²) in [6.45, 7) is 4.34. The molecule has 19 heavy (non-hydrogen) atoms. The number of rotatable bonds is 4. The number of aliphatic imine (C=N–C) groups is 1. The summed E-state index contributed by atoms with van der Waals surface area (Å²) < 4.78 is 26.4. The highest BCUT2D eigenvalue weighted by Crippen LogP contribution is 2.39. The Bertz CT molecular complexity index is 486. The number of nitrogens with one attached hydrogen (secondary N) is 1. The Hall–Kier alpha value is -1.65. The first-order valence-electron chi connectivity index (χ1n) is 6.51. The standard InChI is InChI=1S/C14H19F2N3/c1-8(2)5-9-6-12(9)18-14(17)19-13-7-10(15)3-4-11(13)16/h3-4,7-9,12H,5-6H2,1-2H3,(H3,17,18,19)/t9-,12-/m1/s1. The maximum absolute atomic E-state index is 13.4. The fourth-order valence-electron chi connectivity index (χ4n) is 2.19. The van der Waals surface area contributed by atoms with Gasteiger partial charge in [0.2, 0.25) is 0 Å². The van der Waals surface area contributed by atoms with Crippen molar-refractivity contribution in [3.05, 3.63) is 29.8 Å². The molecule has 0 spiro atoms. The van der Waals surface area contributed by atoms with Crippen LogP contribution in [0.15, 0.2) is 23.2 Å². The first-order valence-corrected chi connectivity index (χ1v) is 6.51. The Morgan fingerprint density at radius 2 is 2.21 bits per heavy atom. The SMILES string of the molecule is CC(C)C[C@@H]1C[C@H]1N=C(N)Nc1cc(F)ccc1F. The third-order valence-corrected chi connectivity index (χ3v) is 3.16. The second-order valence-corrected chi connectivity index (χ2v) is 5.46. The van der Waals surface area contributed by atoms with Gasteiger partial charge in [0, 0.05) is 6.07 Å². The van der Waals surface area contributed by atoms with Crippen LogP contribution in [0.5, 0.6) is 0 Å². The van der Waals surface area contributed by atoms with Gasteiger partial charge in [-0.2, -0.15) is 0 Å². The minimum atomic E-state index is -0.547. The Balaban J connectivity index is 1.94. The molecule has 1 saturated carbocycles. The summed E-state index contributed by atoms with van der Waals surface area (Å²) in [7, 11) is 0. The summed E-state index contributed by atoms with van der Waals surface area (Å²) in [6.07, 6.45) is 2.14. The van der Waals surface area contributed by atoms with Crippen molar-refractivity contribution in [2.75, 3.05) is 5.32 Å². The number of nitrogens with two attached hydrogens (primary N) is 1. The molecule has 1 aliphatic carbocycles. The lowest BCUT2D eigenvalue weighted by Gasteiger charge is -2.07. The van der Waals surface area contributed by atoms with Crippen molar-refractivity contribution in [3.63, 3.8) is 0 Å². The van der Waals surface area contributed by atoms with Crippen LogP contribution in [0.25, 0.3) is 0 Å². The molecule has 2 rings (SSSR count). The Kier molecular flexibility index (Phi) is 4.02. The molecule has 0 bridgehead atoms. The number of benzene rings is 1. The number of guanidine groups is 1. The van der Waals surface area contributed by atoms with Gasteiger partial charge >= 0.3 is 0 Å². The molecule has 0 amide bonds. The monoisotopic (exact) mass is 267 g/mol. The van der Waals surface area contributed by atoms with Gasteiger partial charge in [-0.1, -0.05) is 13.8 Å². The minimum absolute atomic E-state index is 0.0160. The van der Waals surface area contributed by atoms with E-state index in [9.17, 15) is 8.78 Å². The lowest BCUT2D eigenvalue weighted by molar-refractivity contribution is 0.531. The van der Waals surface area contributed by atoms with Gasteiger partial charge in [-0.05, 0) is 36.8 Å². The molecule has 0 heterocycles. The predicted molar refractivity (Wildman–Crippen MR) is 73.0 cm³/mol. The molecule has 3 nitrogen and oxygen atoms in total. The molecule has 0 aromatic heterocycles. The van der Waals surface area contributed by atoms with Gasteiger partial charge in [0.1, 0.15) is 11.6 Å². The molecule has 104 valence electrons. The van der Waals surface area contributed by atoms with Gasteiger partial charge in [0.25, 0.3) is 0 Å². The van der Waals surface area contributed by atoms with E-state index in [4.69, 9.17) is 5.73 Å². The van der Waals surface area contributed by atoms with Crippen LogP contribution in [0, 0.1) is 23.5 Å². The topological polar surface area (TPSA) is 50.4 Å². The van der Waals surface area contributed by atoms with Gasteiger partial charge in [-0.15, -0.1) is 0 Å². The van der Waals surface area contributed by atoms with Crippen LogP contribution in [0.2, 0.25) is 0 Å². The van der Waals surface area contributed by atoms with Crippen LogP contribution in [-0.2, 0) is 0 Å². The first-order chi connectivity index (χ1) is 8.95. The van der Waals surface area contributed by atoms with Crippen molar-refractivity contribution < 1.29 is 8.78 Å². The van der Waals surface area contributed by atoms with E-state index in [0.717, 1.165) is 31.0 Å². The van der Waals surface area contributed by atoms with Crippen molar-refractivity contribution in [1.82, 2.24) is 0 Å². The van der Waals surface area contributed by atoms with E-state index in [1.165, 1.54) is 0 Å². The molecule has 2 atom stereocenters. The summed E-state index contributed by atoms with van der Waals surface area (Å²) in [5.74, 6) is 0.286. The summed E-state index contributed by atoms with van der Waals surface area (Å²) in [5.41, 5.74) is 5.72. The molecule has 0 aliphatic heterocycles. The molecule has 0 saturated heterocycles. The Morgan fingerprint density at radius 1 is 1.47 bits per heavy atom. The molecule has 3 N–H and O–H groups in total. The van der Waals surface area contributed by atoms with E-state index in [0.29, 0.717) is 11.8 Å². The van der Waals surface area contributed by atoms with Gasteiger partial charge in [-0.3, -0.25) is 0 Å². The maximum atomic E-state index is 13.4. The van der Waals surface area contributed by atoms with Crippen LogP contribution >= 0.6 is 0 Å². The third-order valence-electron chi connectivity index (χ3n) is 3.16. The van der Waals surface area contributed by atoms with Crippen LogP contribution in [0.3, 0.4) is 0 Å². The van der Waals surface area contributed by atoms with E-state index in [2.05, 4.69) is 24.2 Å². The number of halogens is 2. The van der Waals surface area contributed by atoms with Gasteiger partial charge < -0.3 is 11.1 Å². The van der Waals surface area contributed by atoms with Crippen LogP contribution in [-0.4, -0.2) is 12.0 Å². The lowest BCUT2D eigenvalue weighted by Crippen LogP contribution is -2.24. The normalized spacial score (nSPS) is 22.7. The van der Waals surface area contributed by atoms with Gasteiger partial charge in [-0.25, -0.2) is 13.8 Å². The van der Waals surface area contributed by atoms with E-state index in [1.54, 1.807) is 0 Å². The fourth-order valence-corrected chi connectivity index (χ4v) is 2.19. The van der Waals surface area contributed by atoms with Crippen molar-refractivity contribution in [2.45, 2.75) is 32.7 Å². The second kappa shape index (κ2) is 5.55. The summed E-state index contributed by atoms with van der Waals surface area (Å²) >= 11 is 0. The van der Waals surface area contributed by atoms with Crippen molar-refractivity contribution >= 4 is 11.6 Å². The highest BCUT2D eigenvalue weighted by molar-refractivity contribution is 5.92. The molecule has 0 unspecified atom stereocenters. The highest BCUT2D eigenvalue weighted by Gasteiger charge is 2.37. The summed E-state index contributed by atoms with van der Waals surface area (Å²) in [6, 6.07) is 3.40. The molecule has 1 aromatic rings. The molecule has 1 fully saturated rings. The third kappa shape index (κ3) is 3.91. The Labute approximate surface area is 111 Å². The average Bonchev–Trinajstić information content (AvgIpc) is 3.00. The molecule has 5 heteroatoms. The number of hydrogen-bond donors (Lipinski definition) is 2. The van der Waals surface area contributed by atoms with Gasteiger partial charge in [0.15, 0.2) is 5.96 Å². The smallest absolute Gasteiger partial charge is 0.193 e. The number of anilines is 1. The Morgan fingerprint density at radius 3 is 2.89 bits per heavy atom. The summed E-state index contributed by atoms with van der Waals surface area (Å²) in [5, 5.41) is 2.61. The van der Waals surface area contributed by atoms with Crippen molar-refractivity contribution in [2.24, 2.45) is 22.6 Å². The second-order valence-electron chi connectivity index (χ2n) is 5.46. The largest absolute Gasteiger partial charge is 0.370 e. The molecule has 1 aromatic carbocycles. The van der Waals surface area contributed by atoms with Crippen LogP contribution in [0.1, 0.15) is 26.7 Å². The van der Waals surface area contributed by atoms with E-state index in [1.807, 2.05) is 0 Å². The van der Waals surface area contributed by atoms with Crippen molar-refractivity contribution in [3.8, 4) is 0 Å². The minimum Gasteiger partial charge on any atom is -0.370 e. The van der Waals surface area contributed by atoms with Crippen molar-refractivity contribution in [1.29, 1.82) is 0 Å². The van der Waals surface area contributed by atoms with Gasteiger partial charge in [0.05, 0.1) is 11.7 Å². The summed E-state index contributed by atoms with van der Waals surface area (Å²) in [4.78, 5) is 4.28. The zero-order chi connectivity index (χ0) is 14.0. The van der Waals surface area contributed by atoms with E-state index < -0.39 is 11.6 Å². The first kappa shape index (κ1) is 13.8. The fraction of sp³-hybridized carbons (Fsp3) is 0.500.